The zero-order valence-electron chi connectivity index (χ0n) is 18.5. The summed E-state index contributed by atoms with van der Waals surface area (Å²) >= 11 is 11.0. The van der Waals surface area contributed by atoms with Gasteiger partial charge >= 0.3 is 17.3 Å². The van der Waals surface area contributed by atoms with Crippen LogP contribution in [-0.2, 0) is 33.2 Å². The summed E-state index contributed by atoms with van der Waals surface area (Å²) < 4.78 is 27.0. The van der Waals surface area contributed by atoms with E-state index in [1.54, 1.807) is 0 Å². The Labute approximate surface area is 201 Å². The van der Waals surface area contributed by atoms with Crippen LogP contribution in [0.5, 0.6) is 5.75 Å². The molecule has 2 amide bonds. The number of nitrogens with two attached hydrogens (primary N) is 1. The van der Waals surface area contributed by atoms with Crippen molar-refractivity contribution in [2.24, 2.45) is 19.8 Å². The molecule has 12 nitrogen and oxygen atoms in total. The number of rotatable bonds is 7. The summed E-state index contributed by atoms with van der Waals surface area (Å²) in [7, 11) is 3.68. The molecule has 34 heavy (non-hydrogen) atoms. The molecule has 0 saturated carbocycles. The van der Waals surface area contributed by atoms with E-state index in [4.69, 9.17) is 34.3 Å². The number of esters is 1. The smallest absolute Gasteiger partial charge is 0.338 e. The molecule has 184 valence electrons. The highest BCUT2D eigenvalue weighted by atomic mass is 35.5. The van der Waals surface area contributed by atoms with E-state index < -0.39 is 59.9 Å². The summed E-state index contributed by atoms with van der Waals surface area (Å²) in [6.07, 6.45) is -1.42. The number of aromatic nitrogens is 3. The molecule has 1 aromatic carbocycles. The van der Waals surface area contributed by atoms with Crippen LogP contribution >= 0.6 is 23.8 Å². The Bertz CT molecular complexity index is 1300. The number of hydrogen-bond donors (Lipinski definition) is 1. The second kappa shape index (κ2) is 10.7. The number of amides is 2. The van der Waals surface area contributed by atoms with Gasteiger partial charge in [-0.05, 0) is 25.2 Å². The van der Waals surface area contributed by atoms with Crippen LogP contribution in [0, 0.1) is 10.6 Å². The molecule has 0 saturated heterocycles. The Morgan fingerprint density at radius 2 is 1.76 bits per heavy atom. The average molecular weight is 518 g/mol. The van der Waals surface area contributed by atoms with E-state index in [-0.39, 0.29) is 15.5 Å². The second-order valence-corrected chi connectivity index (χ2v) is 7.67. The van der Waals surface area contributed by atoms with Crippen LogP contribution < -0.4 is 21.9 Å². The summed E-state index contributed by atoms with van der Waals surface area (Å²) in [5, 5.41) is -0.292. The van der Waals surface area contributed by atoms with Crippen LogP contribution in [-0.4, -0.2) is 62.7 Å². The van der Waals surface area contributed by atoms with Gasteiger partial charge in [0.2, 0.25) is 5.91 Å². The van der Waals surface area contributed by atoms with Gasteiger partial charge in [0.05, 0.1) is 24.4 Å². The lowest BCUT2D eigenvalue weighted by Crippen LogP contribution is -2.49. The van der Waals surface area contributed by atoms with E-state index in [1.165, 1.54) is 21.0 Å². The molecule has 1 heterocycles. The number of ether oxygens (including phenoxy) is 2. The molecule has 2 rings (SSSR count). The molecule has 0 radical (unpaired) electrons. The zero-order chi connectivity index (χ0) is 25.9. The van der Waals surface area contributed by atoms with Crippen LogP contribution in [0.4, 0.5) is 4.39 Å². The molecular formula is C19H21ClFN5O7S. The van der Waals surface area contributed by atoms with E-state index in [0.29, 0.717) is 9.47 Å². The van der Waals surface area contributed by atoms with Crippen molar-refractivity contribution in [2.75, 3.05) is 20.2 Å². The average Bonchev–Trinajstić information content (AvgIpc) is 2.81. The van der Waals surface area contributed by atoms with Crippen molar-refractivity contribution in [3.05, 3.63) is 48.7 Å². The predicted molar refractivity (Wildman–Crippen MR) is 120 cm³/mol. The Kier molecular flexibility index (Phi) is 8.47. The van der Waals surface area contributed by atoms with Crippen molar-refractivity contribution < 1.29 is 28.2 Å². The lowest BCUT2D eigenvalue weighted by molar-refractivity contribution is -0.156. The van der Waals surface area contributed by atoms with Crippen molar-refractivity contribution in [1.29, 1.82) is 0 Å². The van der Waals surface area contributed by atoms with Crippen LogP contribution in [0.1, 0.15) is 6.92 Å². The molecule has 2 aromatic rings. The van der Waals surface area contributed by atoms with Crippen LogP contribution in [0.3, 0.4) is 0 Å². The van der Waals surface area contributed by atoms with Crippen LogP contribution in [0.25, 0.3) is 5.69 Å². The van der Waals surface area contributed by atoms with Gasteiger partial charge in [-0.2, -0.15) is 0 Å². The third-order valence-electron chi connectivity index (χ3n) is 4.68. The van der Waals surface area contributed by atoms with E-state index >= 15 is 0 Å². The zero-order valence-corrected chi connectivity index (χ0v) is 20.1. The number of halogens is 2. The first-order valence-corrected chi connectivity index (χ1v) is 10.3. The number of hydrogen-bond acceptors (Lipinski definition) is 9. The standard InChI is InChI=1S/C19H21ClFN5O7S/c1-9(16(29)25(14(27)7-22)8-15(28)32-4)33-13-6-12(11(21)5-10(13)20)26-17(30)23(2)19(34)24(3)18(26)31/h5-6,9H,7-8,22H2,1-4H3. The summed E-state index contributed by atoms with van der Waals surface area (Å²) in [5.41, 5.74) is 2.93. The topological polar surface area (TPSA) is 148 Å². The van der Waals surface area contributed by atoms with E-state index in [2.05, 4.69) is 4.74 Å². The quantitative estimate of drug-likeness (QED) is 0.384. The first-order chi connectivity index (χ1) is 15.8. The maximum absolute atomic E-state index is 14.7. The first-order valence-electron chi connectivity index (χ1n) is 9.51. The summed E-state index contributed by atoms with van der Waals surface area (Å²) in [5.74, 6) is -4.02. The number of carbonyl (C=O) groups is 3. The van der Waals surface area contributed by atoms with Gasteiger partial charge in [0.1, 0.15) is 18.1 Å². The number of carbonyl (C=O) groups excluding carboxylic acids is 3. The molecule has 1 unspecified atom stereocenters. The van der Waals surface area contributed by atoms with E-state index in [1.807, 2.05) is 0 Å². The minimum atomic E-state index is -1.42. The largest absolute Gasteiger partial charge is 0.479 e. The Morgan fingerprint density at radius 3 is 2.26 bits per heavy atom. The van der Waals surface area contributed by atoms with Crippen molar-refractivity contribution in [2.45, 2.75) is 13.0 Å². The normalized spacial score (nSPS) is 11.6. The molecule has 0 fully saturated rings. The van der Waals surface area contributed by atoms with Crippen molar-refractivity contribution in [1.82, 2.24) is 18.6 Å². The molecule has 0 aliphatic rings. The van der Waals surface area contributed by atoms with E-state index in [9.17, 15) is 28.4 Å². The lowest BCUT2D eigenvalue weighted by atomic mass is 10.2. The monoisotopic (exact) mass is 517 g/mol. The number of methoxy groups -OCH3 is 1. The number of imide groups is 1. The molecule has 0 spiro atoms. The molecular weight excluding hydrogens is 497 g/mol. The van der Waals surface area contributed by atoms with Gasteiger partial charge in [-0.15, -0.1) is 0 Å². The third-order valence-corrected chi connectivity index (χ3v) is 5.52. The van der Waals surface area contributed by atoms with Crippen molar-refractivity contribution in [3.63, 3.8) is 0 Å². The second-order valence-electron chi connectivity index (χ2n) is 6.89. The van der Waals surface area contributed by atoms with Gasteiger partial charge in [0.15, 0.2) is 10.9 Å². The Morgan fingerprint density at radius 1 is 1.21 bits per heavy atom. The number of nitrogens with zero attached hydrogens (tertiary/aromatic N) is 4. The minimum Gasteiger partial charge on any atom is -0.479 e. The van der Waals surface area contributed by atoms with Gasteiger partial charge < -0.3 is 15.2 Å². The van der Waals surface area contributed by atoms with Gasteiger partial charge in [0.25, 0.3) is 5.91 Å². The van der Waals surface area contributed by atoms with Gasteiger partial charge in [-0.1, -0.05) is 11.6 Å². The lowest BCUT2D eigenvalue weighted by Gasteiger charge is -2.23. The molecule has 0 bridgehead atoms. The maximum atomic E-state index is 14.7. The highest BCUT2D eigenvalue weighted by molar-refractivity contribution is 7.71. The summed E-state index contributed by atoms with van der Waals surface area (Å²) in [6, 6.07) is 1.73. The fourth-order valence-electron chi connectivity index (χ4n) is 2.81. The summed E-state index contributed by atoms with van der Waals surface area (Å²) in [4.78, 5) is 62.1. The van der Waals surface area contributed by atoms with Gasteiger partial charge in [0, 0.05) is 20.2 Å². The van der Waals surface area contributed by atoms with Crippen LogP contribution in [0.2, 0.25) is 5.02 Å². The fraction of sp³-hybridized carbons (Fsp3) is 0.368. The third kappa shape index (κ3) is 5.24. The summed E-state index contributed by atoms with van der Waals surface area (Å²) in [6.45, 7) is -0.0389. The predicted octanol–water partition coefficient (Wildman–Crippen LogP) is -0.349. The molecule has 1 atom stereocenters. The SMILES string of the molecule is COC(=O)CN(C(=O)CN)C(=O)C(C)Oc1cc(-n2c(=O)n(C)c(=S)n(C)c2=O)c(F)cc1Cl. The molecule has 2 N–H and O–H groups in total. The first kappa shape index (κ1) is 26.9. The highest BCUT2D eigenvalue weighted by Crippen LogP contribution is 2.30. The number of benzene rings is 1. The molecule has 15 heteroatoms. The van der Waals surface area contributed by atoms with Gasteiger partial charge in [-0.25, -0.2) is 18.5 Å². The Hall–Kier alpha value is -3.36. The highest BCUT2D eigenvalue weighted by Gasteiger charge is 2.30. The van der Waals surface area contributed by atoms with E-state index in [0.717, 1.165) is 28.4 Å². The van der Waals surface area contributed by atoms with Crippen molar-refractivity contribution in [3.8, 4) is 11.4 Å². The Balaban J connectivity index is 2.53. The fourth-order valence-corrected chi connectivity index (χ4v) is 3.16. The molecule has 1 aromatic heterocycles. The van der Waals surface area contributed by atoms with Crippen molar-refractivity contribution >= 4 is 41.6 Å². The molecule has 0 aliphatic heterocycles. The maximum Gasteiger partial charge on any atom is 0.338 e. The minimum absolute atomic E-state index is 0.0911. The van der Waals surface area contributed by atoms with Crippen LogP contribution in [0.15, 0.2) is 21.7 Å². The molecule has 0 aliphatic carbocycles. The van der Waals surface area contributed by atoms with Gasteiger partial charge in [-0.3, -0.25) is 28.4 Å².